The van der Waals surface area contributed by atoms with E-state index in [2.05, 4.69) is 36.5 Å². The van der Waals surface area contributed by atoms with E-state index in [9.17, 15) is 4.79 Å². The number of rotatable bonds is 11. The number of thiazole rings is 1. The molecular formula is C30H42N2O2S. The molecule has 3 fully saturated rings. The number of nitrogens with zero attached hydrogens (tertiary/aromatic N) is 1. The van der Waals surface area contributed by atoms with Crippen LogP contribution in [0.4, 0.5) is 0 Å². The summed E-state index contributed by atoms with van der Waals surface area (Å²) in [5.74, 6) is 1.67. The maximum absolute atomic E-state index is 12.8. The van der Waals surface area contributed by atoms with Gasteiger partial charge in [0.25, 0.3) is 5.91 Å². The number of fused-ring (bicyclic) bond motifs is 2. The Hall–Kier alpha value is -1.72. The first-order chi connectivity index (χ1) is 17.2. The highest BCUT2D eigenvalue weighted by Gasteiger charge is 2.50. The van der Waals surface area contributed by atoms with Gasteiger partial charge in [0, 0.05) is 23.8 Å². The minimum atomic E-state index is -0.0147. The second kappa shape index (κ2) is 12.0. The first-order valence-corrected chi connectivity index (χ1v) is 15.1. The van der Waals surface area contributed by atoms with Crippen LogP contribution in [0.1, 0.15) is 110 Å². The second-order valence-corrected chi connectivity index (χ2v) is 11.9. The van der Waals surface area contributed by atoms with Gasteiger partial charge in [0.05, 0.1) is 17.2 Å². The van der Waals surface area contributed by atoms with Crippen LogP contribution in [0.3, 0.4) is 0 Å². The molecule has 1 N–H and O–H groups in total. The Morgan fingerprint density at radius 3 is 2.69 bits per heavy atom. The average molecular weight is 495 g/mol. The van der Waals surface area contributed by atoms with Crippen LogP contribution in [0, 0.1) is 11.8 Å². The first kappa shape index (κ1) is 25.0. The quantitative estimate of drug-likeness (QED) is 0.340. The van der Waals surface area contributed by atoms with E-state index >= 15 is 0 Å². The molecule has 2 aromatic rings. The van der Waals surface area contributed by atoms with Crippen LogP contribution in [0.5, 0.6) is 0 Å². The smallest absolute Gasteiger partial charge is 0.270 e. The molecule has 0 spiro atoms. The van der Waals surface area contributed by atoms with Gasteiger partial charge in [-0.25, -0.2) is 4.98 Å². The number of amides is 1. The predicted octanol–water partition coefficient (Wildman–Crippen LogP) is 7.08. The molecule has 190 valence electrons. The number of aromatic nitrogens is 1. The predicted molar refractivity (Wildman–Crippen MR) is 143 cm³/mol. The fourth-order valence-electron chi connectivity index (χ4n) is 6.77. The van der Waals surface area contributed by atoms with Gasteiger partial charge < -0.3 is 10.1 Å². The van der Waals surface area contributed by atoms with E-state index in [-0.39, 0.29) is 12.0 Å². The third-order valence-electron chi connectivity index (χ3n) is 8.61. The summed E-state index contributed by atoms with van der Waals surface area (Å²) in [4.78, 5) is 17.6. The highest BCUT2D eigenvalue weighted by molar-refractivity contribution is 7.10. The number of hydrogen-bond acceptors (Lipinski definition) is 4. The Labute approximate surface area is 215 Å². The highest BCUT2D eigenvalue weighted by atomic mass is 32.1. The topological polar surface area (TPSA) is 51.2 Å². The molecule has 1 aromatic carbocycles. The zero-order valence-electron chi connectivity index (χ0n) is 21.3. The van der Waals surface area contributed by atoms with E-state index in [1.807, 2.05) is 5.38 Å². The Balaban J connectivity index is 1.16. The maximum atomic E-state index is 12.8. The van der Waals surface area contributed by atoms with E-state index in [4.69, 9.17) is 9.72 Å². The van der Waals surface area contributed by atoms with Crippen LogP contribution in [-0.4, -0.2) is 29.6 Å². The molecule has 2 bridgehead atoms. The van der Waals surface area contributed by atoms with Gasteiger partial charge in [-0.2, -0.15) is 0 Å². The SMILES string of the molecule is CCCc1ccccc1C[C@@H]1[C@H](c2nc(C(=O)NCCCCC3CCCCC3)cs2)[C@H]2CC[C@@H]1O2. The molecule has 1 saturated carbocycles. The number of nitrogens with one attached hydrogen (secondary N) is 1. The molecule has 1 aliphatic carbocycles. The lowest BCUT2D eigenvalue weighted by Gasteiger charge is -2.27. The molecule has 4 atom stereocenters. The van der Waals surface area contributed by atoms with Gasteiger partial charge >= 0.3 is 0 Å². The third-order valence-corrected chi connectivity index (χ3v) is 9.55. The maximum Gasteiger partial charge on any atom is 0.270 e. The molecule has 2 aliphatic heterocycles. The van der Waals surface area contributed by atoms with Crippen molar-refractivity contribution in [2.24, 2.45) is 11.8 Å². The minimum Gasteiger partial charge on any atom is -0.374 e. The summed E-state index contributed by atoms with van der Waals surface area (Å²) in [6.07, 6.45) is 16.9. The van der Waals surface area contributed by atoms with Gasteiger partial charge in [-0.15, -0.1) is 11.3 Å². The van der Waals surface area contributed by atoms with Gasteiger partial charge in [-0.05, 0) is 49.1 Å². The van der Waals surface area contributed by atoms with Crippen LogP contribution in [0.25, 0.3) is 0 Å². The van der Waals surface area contributed by atoms with Crippen LogP contribution in [0.2, 0.25) is 0 Å². The van der Waals surface area contributed by atoms with Crippen LogP contribution < -0.4 is 5.32 Å². The standard InChI is InChI=1S/C30H42N2O2S/c1-2-10-22-14-6-7-15-23(22)19-24-26-16-17-27(34-26)28(24)30-32-25(20-35-30)29(33)31-18-9-8-13-21-11-4-3-5-12-21/h6-7,14-15,20-21,24,26-28H,2-5,8-13,16-19H2,1H3,(H,31,33)/t24-,26-,27+,28-/m0/s1. The molecule has 3 aliphatic rings. The van der Waals surface area contributed by atoms with E-state index in [0.29, 0.717) is 23.6 Å². The van der Waals surface area contributed by atoms with Crippen LogP contribution in [-0.2, 0) is 17.6 Å². The lowest BCUT2D eigenvalue weighted by molar-refractivity contribution is 0.0906. The first-order valence-electron chi connectivity index (χ1n) is 14.2. The molecule has 4 nitrogen and oxygen atoms in total. The van der Waals surface area contributed by atoms with Crippen LogP contribution >= 0.6 is 11.3 Å². The average Bonchev–Trinajstić information content (AvgIpc) is 3.63. The number of carbonyl (C=O) groups excluding carboxylic acids is 1. The second-order valence-electron chi connectivity index (χ2n) is 11.0. The van der Waals surface area contributed by atoms with E-state index in [1.54, 1.807) is 11.3 Å². The van der Waals surface area contributed by atoms with Crippen molar-refractivity contribution >= 4 is 17.2 Å². The molecular weight excluding hydrogens is 452 g/mol. The van der Waals surface area contributed by atoms with E-state index in [1.165, 1.54) is 62.5 Å². The van der Waals surface area contributed by atoms with Crippen molar-refractivity contribution in [3.8, 4) is 0 Å². The number of ether oxygens (including phenoxy) is 1. The Morgan fingerprint density at radius 1 is 1.06 bits per heavy atom. The van der Waals surface area contributed by atoms with Crippen molar-refractivity contribution in [3.63, 3.8) is 0 Å². The van der Waals surface area contributed by atoms with Gasteiger partial charge in [0.15, 0.2) is 0 Å². The van der Waals surface area contributed by atoms with E-state index < -0.39 is 0 Å². The van der Waals surface area contributed by atoms with Crippen molar-refractivity contribution in [2.75, 3.05) is 6.54 Å². The summed E-state index contributed by atoms with van der Waals surface area (Å²) < 4.78 is 6.40. The summed E-state index contributed by atoms with van der Waals surface area (Å²) in [6, 6.07) is 8.90. The fraction of sp³-hybridized carbons (Fsp3) is 0.667. The zero-order chi connectivity index (χ0) is 24.0. The van der Waals surface area contributed by atoms with Crippen molar-refractivity contribution in [2.45, 2.75) is 109 Å². The Bertz CT molecular complexity index is 967. The van der Waals surface area contributed by atoms with Crippen LogP contribution in [0.15, 0.2) is 29.6 Å². The summed E-state index contributed by atoms with van der Waals surface area (Å²) in [5, 5.41) is 6.18. The molecule has 1 aromatic heterocycles. The molecule has 0 unspecified atom stereocenters. The lowest BCUT2D eigenvalue weighted by atomic mass is 9.75. The van der Waals surface area contributed by atoms with Gasteiger partial charge in [0.2, 0.25) is 0 Å². The summed E-state index contributed by atoms with van der Waals surface area (Å²) in [7, 11) is 0. The fourth-order valence-corrected chi connectivity index (χ4v) is 7.80. The number of benzene rings is 1. The minimum absolute atomic E-state index is 0.0147. The molecule has 35 heavy (non-hydrogen) atoms. The summed E-state index contributed by atoms with van der Waals surface area (Å²) >= 11 is 1.65. The van der Waals surface area contributed by atoms with E-state index in [0.717, 1.165) is 49.6 Å². The molecule has 5 heteroatoms. The monoisotopic (exact) mass is 494 g/mol. The van der Waals surface area contributed by atoms with Crippen molar-refractivity contribution in [1.82, 2.24) is 10.3 Å². The Morgan fingerprint density at radius 2 is 1.86 bits per heavy atom. The molecule has 1 amide bonds. The normalized spacial score (nSPS) is 26.3. The van der Waals surface area contributed by atoms with Gasteiger partial charge in [-0.1, -0.05) is 82.6 Å². The summed E-state index contributed by atoms with van der Waals surface area (Å²) in [6.45, 7) is 3.01. The zero-order valence-corrected chi connectivity index (χ0v) is 22.2. The van der Waals surface area contributed by atoms with Crippen molar-refractivity contribution in [3.05, 3.63) is 51.5 Å². The molecule has 3 heterocycles. The number of carbonyl (C=O) groups is 1. The number of aryl methyl sites for hydroxylation is 1. The lowest BCUT2D eigenvalue weighted by Crippen LogP contribution is -2.28. The van der Waals surface area contributed by atoms with Crippen molar-refractivity contribution < 1.29 is 9.53 Å². The van der Waals surface area contributed by atoms with Gasteiger partial charge in [-0.3, -0.25) is 4.79 Å². The number of hydrogen-bond donors (Lipinski definition) is 1. The summed E-state index contributed by atoms with van der Waals surface area (Å²) in [5.41, 5.74) is 3.52. The number of unbranched alkanes of at least 4 members (excludes halogenated alkanes) is 1. The highest BCUT2D eigenvalue weighted by Crippen LogP contribution is 2.50. The van der Waals surface area contributed by atoms with Gasteiger partial charge in [0.1, 0.15) is 5.69 Å². The largest absolute Gasteiger partial charge is 0.374 e. The Kier molecular flexibility index (Phi) is 8.56. The molecule has 0 radical (unpaired) electrons. The van der Waals surface area contributed by atoms with Crippen molar-refractivity contribution in [1.29, 1.82) is 0 Å². The third kappa shape index (κ3) is 5.99. The molecule has 2 saturated heterocycles. The molecule has 5 rings (SSSR count).